The third kappa shape index (κ3) is 2.58. The maximum atomic E-state index is 10.8. The first-order valence-electron chi connectivity index (χ1n) is 4.88. The van der Waals surface area contributed by atoms with Crippen molar-refractivity contribution < 1.29 is 4.92 Å². The van der Waals surface area contributed by atoms with E-state index in [1.807, 2.05) is 0 Å². The van der Waals surface area contributed by atoms with Crippen molar-refractivity contribution in [2.24, 2.45) is 0 Å². The van der Waals surface area contributed by atoms with Crippen molar-refractivity contribution in [2.75, 3.05) is 0 Å². The Labute approximate surface area is 118 Å². The predicted octanol–water partition coefficient (Wildman–Crippen LogP) is 5.22. The molecule has 3 nitrogen and oxygen atoms in total. The van der Waals surface area contributed by atoms with Crippen molar-refractivity contribution >= 4 is 40.5 Å². The summed E-state index contributed by atoms with van der Waals surface area (Å²) in [6.07, 6.45) is 0. The molecule has 0 bridgehead atoms. The maximum Gasteiger partial charge on any atom is 0.271 e. The SMILES string of the molecule is O=[N+]([O-])c1cc(Cl)cc(-c2c(Cl)cccc2Cl)c1. The van der Waals surface area contributed by atoms with Gasteiger partial charge in [-0.2, -0.15) is 0 Å². The molecule has 0 aliphatic rings. The fourth-order valence-electron chi connectivity index (χ4n) is 1.60. The van der Waals surface area contributed by atoms with Crippen LogP contribution in [0.2, 0.25) is 15.1 Å². The third-order valence-corrected chi connectivity index (χ3v) is 3.19. The van der Waals surface area contributed by atoms with Gasteiger partial charge in [0.1, 0.15) is 0 Å². The van der Waals surface area contributed by atoms with Crippen LogP contribution in [-0.2, 0) is 0 Å². The van der Waals surface area contributed by atoms with Crippen LogP contribution in [0.1, 0.15) is 0 Å². The molecule has 2 aromatic carbocycles. The van der Waals surface area contributed by atoms with Crippen molar-refractivity contribution in [1.82, 2.24) is 0 Å². The summed E-state index contributed by atoms with van der Waals surface area (Å²) < 4.78 is 0. The van der Waals surface area contributed by atoms with E-state index in [0.29, 0.717) is 21.2 Å². The topological polar surface area (TPSA) is 43.1 Å². The van der Waals surface area contributed by atoms with Gasteiger partial charge < -0.3 is 0 Å². The van der Waals surface area contributed by atoms with Gasteiger partial charge in [-0.25, -0.2) is 0 Å². The van der Waals surface area contributed by atoms with Gasteiger partial charge in [0.05, 0.1) is 4.92 Å². The van der Waals surface area contributed by atoms with Gasteiger partial charge in [0, 0.05) is 32.8 Å². The molecule has 0 saturated carbocycles. The van der Waals surface area contributed by atoms with Crippen LogP contribution in [-0.4, -0.2) is 4.92 Å². The molecule has 0 radical (unpaired) electrons. The minimum absolute atomic E-state index is 0.103. The zero-order valence-corrected chi connectivity index (χ0v) is 11.1. The zero-order valence-electron chi connectivity index (χ0n) is 8.86. The molecule has 92 valence electrons. The Morgan fingerprint density at radius 2 is 1.61 bits per heavy atom. The highest BCUT2D eigenvalue weighted by molar-refractivity contribution is 6.39. The predicted molar refractivity (Wildman–Crippen MR) is 73.6 cm³/mol. The number of non-ortho nitro benzene ring substituents is 1. The summed E-state index contributed by atoms with van der Waals surface area (Å²) in [5, 5.41) is 11.9. The lowest BCUT2D eigenvalue weighted by Gasteiger charge is -2.07. The van der Waals surface area contributed by atoms with Crippen molar-refractivity contribution in [1.29, 1.82) is 0 Å². The lowest BCUT2D eigenvalue weighted by Crippen LogP contribution is -1.89. The highest BCUT2D eigenvalue weighted by atomic mass is 35.5. The minimum atomic E-state index is -0.514. The van der Waals surface area contributed by atoms with Crippen LogP contribution >= 0.6 is 34.8 Å². The quantitative estimate of drug-likeness (QED) is 0.563. The largest absolute Gasteiger partial charge is 0.271 e. The molecule has 0 unspecified atom stereocenters. The van der Waals surface area contributed by atoms with Crippen LogP contribution in [0.4, 0.5) is 5.69 Å². The van der Waals surface area contributed by atoms with Crippen LogP contribution in [0.25, 0.3) is 11.1 Å². The van der Waals surface area contributed by atoms with E-state index in [1.165, 1.54) is 12.1 Å². The van der Waals surface area contributed by atoms with E-state index in [1.54, 1.807) is 24.3 Å². The summed E-state index contributed by atoms with van der Waals surface area (Å²) >= 11 is 18.0. The van der Waals surface area contributed by atoms with Gasteiger partial charge in [-0.3, -0.25) is 10.1 Å². The van der Waals surface area contributed by atoms with Crippen LogP contribution in [0.3, 0.4) is 0 Å². The molecule has 0 spiro atoms. The van der Waals surface area contributed by atoms with Crippen molar-refractivity contribution in [3.05, 3.63) is 61.6 Å². The number of benzene rings is 2. The minimum Gasteiger partial charge on any atom is -0.258 e. The van der Waals surface area contributed by atoms with E-state index in [4.69, 9.17) is 34.8 Å². The summed E-state index contributed by atoms with van der Waals surface area (Å²) in [5.74, 6) is 0. The number of rotatable bonds is 2. The number of hydrogen-bond donors (Lipinski definition) is 0. The first kappa shape index (κ1) is 13.1. The summed E-state index contributed by atoms with van der Waals surface area (Å²) in [5.41, 5.74) is 0.949. The fraction of sp³-hybridized carbons (Fsp3) is 0. The first-order valence-corrected chi connectivity index (χ1v) is 6.02. The van der Waals surface area contributed by atoms with Crippen molar-refractivity contribution in [2.45, 2.75) is 0 Å². The summed E-state index contributed by atoms with van der Waals surface area (Å²) in [6.45, 7) is 0. The molecule has 18 heavy (non-hydrogen) atoms. The van der Waals surface area contributed by atoms with E-state index >= 15 is 0 Å². The monoisotopic (exact) mass is 301 g/mol. The van der Waals surface area contributed by atoms with Crippen LogP contribution in [0.5, 0.6) is 0 Å². The summed E-state index contributed by atoms with van der Waals surface area (Å²) in [7, 11) is 0. The molecule has 0 atom stereocenters. The molecule has 0 heterocycles. The van der Waals surface area contributed by atoms with Gasteiger partial charge in [-0.05, 0) is 23.8 Å². The lowest BCUT2D eigenvalue weighted by molar-refractivity contribution is -0.384. The smallest absolute Gasteiger partial charge is 0.258 e. The summed E-state index contributed by atoms with van der Waals surface area (Å²) in [6, 6.07) is 9.27. The van der Waals surface area contributed by atoms with Gasteiger partial charge in [-0.1, -0.05) is 40.9 Å². The molecule has 0 aliphatic heterocycles. The Bertz CT molecular complexity index is 608. The number of nitro groups is 1. The first-order chi connectivity index (χ1) is 8.49. The van der Waals surface area contributed by atoms with E-state index in [-0.39, 0.29) is 10.7 Å². The second kappa shape index (κ2) is 5.14. The molecule has 0 N–H and O–H groups in total. The van der Waals surface area contributed by atoms with E-state index in [9.17, 15) is 10.1 Å². The fourth-order valence-corrected chi connectivity index (χ4v) is 2.44. The standard InChI is InChI=1S/C12H6Cl3NO2/c13-8-4-7(5-9(6-8)16(17)18)12-10(14)2-1-3-11(12)15/h1-6H. The van der Waals surface area contributed by atoms with Crippen LogP contribution in [0, 0.1) is 10.1 Å². The Balaban J connectivity index is 2.68. The molecule has 2 aromatic rings. The number of hydrogen-bond acceptors (Lipinski definition) is 2. The number of halogens is 3. The molecule has 0 fully saturated rings. The lowest BCUT2D eigenvalue weighted by atomic mass is 10.0. The highest BCUT2D eigenvalue weighted by Gasteiger charge is 2.14. The van der Waals surface area contributed by atoms with Gasteiger partial charge >= 0.3 is 0 Å². The van der Waals surface area contributed by atoms with Gasteiger partial charge in [0.2, 0.25) is 0 Å². The van der Waals surface area contributed by atoms with E-state index in [2.05, 4.69) is 0 Å². The van der Waals surface area contributed by atoms with Crippen LogP contribution in [0.15, 0.2) is 36.4 Å². The van der Waals surface area contributed by atoms with Crippen LogP contribution < -0.4 is 0 Å². The molecule has 0 amide bonds. The molecular formula is C12H6Cl3NO2. The normalized spacial score (nSPS) is 10.4. The van der Waals surface area contributed by atoms with Gasteiger partial charge in [0.15, 0.2) is 0 Å². The van der Waals surface area contributed by atoms with E-state index in [0.717, 1.165) is 0 Å². The van der Waals surface area contributed by atoms with E-state index < -0.39 is 4.92 Å². The molecular weight excluding hydrogens is 296 g/mol. The Hall–Kier alpha value is -1.29. The average Bonchev–Trinajstić information content (AvgIpc) is 2.28. The molecule has 6 heteroatoms. The Kier molecular flexibility index (Phi) is 3.76. The van der Waals surface area contributed by atoms with Gasteiger partial charge in [-0.15, -0.1) is 0 Å². The second-order valence-corrected chi connectivity index (χ2v) is 4.80. The maximum absolute atomic E-state index is 10.8. The number of nitro benzene ring substituents is 1. The van der Waals surface area contributed by atoms with Gasteiger partial charge in [0.25, 0.3) is 5.69 Å². The average molecular weight is 303 g/mol. The molecule has 0 aromatic heterocycles. The highest BCUT2D eigenvalue weighted by Crippen LogP contribution is 2.37. The van der Waals surface area contributed by atoms with Crippen molar-refractivity contribution in [3.8, 4) is 11.1 Å². The molecule has 2 rings (SSSR count). The third-order valence-electron chi connectivity index (χ3n) is 2.34. The molecule has 0 aliphatic carbocycles. The van der Waals surface area contributed by atoms with Crippen molar-refractivity contribution in [3.63, 3.8) is 0 Å². The second-order valence-electron chi connectivity index (χ2n) is 3.55. The zero-order chi connectivity index (χ0) is 13.3. The molecule has 0 saturated heterocycles. The summed E-state index contributed by atoms with van der Waals surface area (Å²) in [4.78, 5) is 10.3. The number of nitrogens with zero attached hydrogens (tertiary/aromatic N) is 1. The Morgan fingerprint density at radius 3 is 2.17 bits per heavy atom. The Morgan fingerprint density at radius 1 is 1.00 bits per heavy atom.